The van der Waals surface area contributed by atoms with Crippen LogP contribution >= 0.6 is 22.6 Å². The zero-order valence-corrected chi connectivity index (χ0v) is 7.77. The van der Waals surface area contributed by atoms with Gasteiger partial charge in [-0.25, -0.2) is 0 Å². The number of halogens is 1. The summed E-state index contributed by atoms with van der Waals surface area (Å²) < 4.78 is 1.94. The van der Waals surface area contributed by atoms with Crippen LogP contribution in [0.15, 0.2) is 21.8 Å². The van der Waals surface area contributed by atoms with Gasteiger partial charge in [-0.3, -0.25) is 0 Å². The van der Waals surface area contributed by atoms with Crippen molar-refractivity contribution in [2.45, 2.75) is 13.8 Å². The van der Waals surface area contributed by atoms with E-state index in [4.69, 9.17) is 5.41 Å². The second kappa shape index (κ2) is 4.73. The van der Waals surface area contributed by atoms with Crippen LogP contribution in [0.3, 0.4) is 0 Å². The first kappa shape index (κ1) is 8.88. The van der Waals surface area contributed by atoms with Crippen molar-refractivity contribution in [1.82, 2.24) is 0 Å². The molecule has 0 rings (SSSR count). The molecule has 0 bridgehead atoms. The van der Waals surface area contributed by atoms with Gasteiger partial charge in [0, 0.05) is 5.71 Å². The largest absolute Gasteiger partial charge is 0.306 e. The van der Waals surface area contributed by atoms with Crippen LogP contribution in [0, 0.1) is 5.41 Å². The van der Waals surface area contributed by atoms with Gasteiger partial charge in [-0.05, 0) is 29.6 Å². The Hall–Kier alpha value is -0.120. The van der Waals surface area contributed by atoms with Gasteiger partial charge in [-0.1, -0.05) is 28.7 Å². The fourth-order valence-corrected chi connectivity index (χ4v) is 1.06. The van der Waals surface area contributed by atoms with E-state index in [1.165, 1.54) is 0 Å². The van der Waals surface area contributed by atoms with E-state index < -0.39 is 0 Å². The van der Waals surface area contributed by atoms with Crippen LogP contribution in [-0.4, -0.2) is 5.71 Å². The highest BCUT2D eigenvalue weighted by atomic mass is 127. The third-order valence-corrected chi connectivity index (χ3v) is 1.13. The molecule has 0 spiro atoms. The van der Waals surface area contributed by atoms with E-state index in [9.17, 15) is 0 Å². The Morgan fingerprint density at radius 2 is 2.00 bits per heavy atom. The SMILES string of the molecule is CC(=N)/C=C(C)\C=C/I. The molecule has 9 heavy (non-hydrogen) atoms. The molecule has 0 atom stereocenters. The monoisotopic (exact) mass is 235 g/mol. The molecule has 0 fully saturated rings. The maximum atomic E-state index is 7.09. The molecule has 50 valence electrons. The topological polar surface area (TPSA) is 23.9 Å². The summed E-state index contributed by atoms with van der Waals surface area (Å²) in [4.78, 5) is 0. The zero-order chi connectivity index (χ0) is 7.28. The fourth-order valence-electron chi connectivity index (χ4n) is 0.489. The zero-order valence-electron chi connectivity index (χ0n) is 5.61. The van der Waals surface area contributed by atoms with Crippen molar-refractivity contribution in [2.75, 3.05) is 0 Å². The lowest BCUT2D eigenvalue weighted by molar-refractivity contribution is 1.46. The minimum Gasteiger partial charge on any atom is -0.306 e. The first-order valence-corrected chi connectivity index (χ1v) is 3.91. The van der Waals surface area contributed by atoms with E-state index in [2.05, 4.69) is 22.6 Å². The van der Waals surface area contributed by atoms with Crippen LogP contribution in [0.5, 0.6) is 0 Å². The van der Waals surface area contributed by atoms with Crippen LogP contribution in [0.4, 0.5) is 0 Å². The van der Waals surface area contributed by atoms with E-state index in [-0.39, 0.29) is 0 Å². The van der Waals surface area contributed by atoms with Gasteiger partial charge in [0.1, 0.15) is 0 Å². The Kier molecular flexibility index (Phi) is 4.67. The summed E-state index contributed by atoms with van der Waals surface area (Å²) in [6, 6.07) is 0. The number of hydrogen-bond donors (Lipinski definition) is 1. The Morgan fingerprint density at radius 3 is 2.33 bits per heavy atom. The molecule has 0 aromatic rings. The maximum absolute atomic E-state index is 7.09. The lowest BCUT2D eigenvalue weighted by Crippen LogP contribution is -1.80. The molecule has 1 N–H and O–H groups in total. The molecule has 0 saturated carbocycles. The van der Waals surface area contributed by atoms with Crippen LogP contribution in [-0.2, 0) is 0 Å². The highest BCUT2D eigenvalue weighted by Crippen LogP contribution is 1.97. The summed E-state index contributed by atoms with van der Waals surface area (Å²) in [5, 5.41) is 7.09. The van der Waals surface area contributed by atoms with Crippen LogP contribution < -0.4 is 0 Å². The Balaban J connectivity index is 4.00. The molecule has 0 radical (unpaired) electrons. The van der Waals surface area contributed by atoms with Gasteiger partial charge in [-0.2, -0.15) is 0 Å². The summed E-state index contributed by atoms with van der Waals surface area (Å²) in [5.74, 6) is 0. The smallest absolute Gasteiger partial charge is 0.0285 e. The summed E-state index contributed by atoms with van der Waals surface area (Å²) in [5.41, 5.74) is 1.72. The molecule has 0 aromatic carbocycles. The van der Waals surface area contributed by atoms with Crippen LogP contribution in [0.2, 0.25) is 0 Å². The summed E-state index contributed by atoms with van der Waals surface area (Å²) in [6.45, 7) is 3.75. The van der Waals surface area contributed by atoms with Crippen molar-refractivity contribution in [3.8, 4) is 0 Å². The molecule has 0 aromatic heterocycles. The molecule has 0 aliphatic heterocycles. The Morgan fingerprint density at radius 1 is 1.44 bits per heavy atom. The summed E-state index contributed by atoms with van der Waals surface area (Å²) in [7, 11) is 0. The summed E-state index contributed by atoms with van der Waals surface area (Å²) in [6.07, 6.45) is 3.80. The maximum Gasteiger partial charge on any atom is 0.0285 e. The van der Waals surface area contributed by atoms with Gasteiger partial charge in [0.25, 0.3) is 0 Å². The average Bonchev–Trinajstić information content (AvgIpc) is 1.63. The van der Waals surface area contributed by atoms with Gasteiger partial charge < -0.3 is 5.41 Å². The van der Waals surface area contributed by atoms with E-state index in [0.717, 1.165) is 5.57 Å². The molecule has 0 aliphatic carbocycles. The molecule has 0 saturated heterocycles. The highest BCUT2D eigenvalue weighted by Gasteiger charge is 1.80. The average molecular weight is 235 g/mol. The molecule has 0 amide bonds. The van der Waals surface area contributed by atoms with Crippen molar-refractivity contribution in [1.29, 1.82) is 5.41 Å². The normalized spacial score (nSPS) is 12.6. The van der Waals surface area contributed by atoms with Gasteiger partial charge in [0.15, 0.2) is 0 Å². The third kappa shape index (κ3) is 5.76. The lowest BCUT2D eigenvalue weighted by Gasteiger charge is -1.87. The minimum absolute atomic E-state index is 0.599. The van der Waals surface area contributed by atoms with Gasteiger partial charge >= 0.3 is 0 Å². The van der Waals surface area contributed by atoms with E-state index >= 15 is 0 Å². The predicted molar refractivity (Wildman–Crippen MR) is 50.3 cm³/mol. The van der Waals surface area contributed by atoms with E-state index in [1.54, 1.807) is 6.92 Å². The lowest BCUT2D eigenvalue weighted by atomic mass is 10.2. The number of nitrogens with one attached hydrogen (secondary N) is 1. The number of hydrogen-bond acceptors (Lipinski definition) is 1. The van der Waals surface area contributed by atoms with Gasteiger partial charge in [0.05, 0.1) is 0 Å². The Bertz CT molecular complexity index is 156. The van der Waals surface area contributed by atoms with Crippen molar-refractivity contribution >= 4 is 28.3 Å². The molecular formula is C7H10IN. The van der Waals surface area contributed by atoms with Crippen molar-refractivity contribution in [2.24, 2.45) is 0 Å². The number of rotatable bonds is 2. The molecule has 0 aliphatic rings. The van der Waals surface area contributed by atoms with E-state index in [1.807, 2.05) is 23.2 Å². The number of allylic oxidation sites excluding steroid dienone is 3. The first-order valence-electron chi connectivity index (χ1n) is 2.67. The van der Waals surface area contributed by atoms with Crippen molar-refractivity contribution in [3.05, 3.63) is 21.8 Å². The van der Waals surface area contributed by atoms with Crippen LogP contribution in [0.25, 0.3) is 0 Å². The van der Waals surface area contributed by atoms with E-state index in [0.29, 0.717) is 5.71 Å². The van der Waals surface area contributed by atoms with Gasteiger partial charge in [-0.15, -0.1) is 0 Å². The standard InChI is InChI=1S/C7H10IN/c1-6(3-4-8)5-7(2)9/h3-5,9H,1-2H3/b4-3-,6-5-,9-7?. The molecule has 2 heteroatoms. The van der Waals surface area contributed by atoms with Gasteiger partial charge in [0.2, 0.25) is 0 Å². The Labute approximate surface area is 69.5 Å². The molecular weight excluding hydrogens is 225 g/mol. The quantitative estimate of drug-likeness (QED) is 0.432. The third-order valence-electron chi connectivity index (χ3n) is 0.770. The molecule has 1 nitrogen and oxygen atoms in total. The minimum atomic E-state index is 0.599. The highest BCUT2D eigenvalue weighted by molar-refractivity contribution is 14.1. The fraction of sp³-hybridized carbons (Fsp3) is 0.286. The van der Waals surface area contributed by atoms with Crippen LogP contribution in [0.1, 0.15) is 13.8 Å². The summed E-state index contributed by atoms with van der Waals surface area (Å²) >= 11 is 2.16. The molecule has 0 unspecified atom stereocenters. The predicted octanol–water partition coefficient (Wildman–Crippen LogP) is 2.92. The second-order valence-electron chi connectivity index (χ2n) is 1.86. The second-order valence-corrected chi connectivity index (χ2v) is 2.58. The first-order chi connectivity index (χ1) is 4.16. The molecule has 0 heterocycles. The van der Waals surface area contributed by atoms with Crippen molar-refractivity contribution in [3.63, 3.8) is 0 Å². The van der Waals surface area contributed by atoms with Crippen molar-refractivity contribution < 1.29 is 0 Å².